The molecule has 0 saturated carbocycles. The molecule has 2 aromatic heterocycles. The summed E-state index contributed by atoms with van der Waals surface area (Å²) in [6, 6.07) is 1.02. The molecule has 0 N–H and O–H groups in total. The van der Waals surface area contributed by atoms with Gasteiger partial charge in [-0.15, -0.1) is 0 Å². The molecule has 4 nitrogen and oxygen atoms in total. The van der Waals surface area contributed by atoms with E-state index < -0.39 is 11.9 Å². The van der Waals surface area contributed by atoms with Crippen molar-refractivity contribution in [2.75, 3.05) is 19.0 Å². The summed E-state index contributed by atoms with van der Waals surface area (Å²) in [4.78, 5) is 5.36. The van der Waals surface area contributed by atoms with E-state index in [0.29, 0.717) is 9.39 Å². The monoisotopic (exact) mass is 412 g/mol. The highest BCUT2D eigenvalue weighted by Gasteiger charge is 2.35. The maximum absolute atomic E-state index is 13.0. The van der Waals surface area contributed by atoms with Crippen LogP contribution in [0.15, 0.2) is 6.07 Å². The summed E-state index contributed by atoms with van der Waals surface area (Å²) < 4.78 is 41.2. The predicted octanol–water partition coefficient (Wildman–Crippen LogP) is 3.72. The summed E-state index contributed by atoms with van der Waals surface area (Å²) in [6.07, 6.45) is -4.48. The van der Waals surface area contributed by atoms with Gasteiger partial charge in [-0.2, -0.15) is 22.8 Å². The SMILES string of the molecule is CN(C)c1cc(C(F)(F)F)nc2c(I)c(C(C)(C)C)nn12. The molecular weight excluding hydrogens is 396 g/mol. The Kier molecular flexibility index (Phi) is 3.88. The van der Waals surface area contributed by atoms with E-state index in [1.54, 1.807) is 19.0 Å². The molecule has 0 spiro atoms. The molecule has 0 atom stereocenters. The Hall–Kier alpha value is -1.06. The van der Waals surface area contributed by atoms with Crippen molar-refractivity contribution < 1.29 is 13.2 Å². The Balaban J connectivity index is 2.86. The number of aromatic nitrogens is 3. The fourth-order valence-electron chi connectivity index (χ4n) is 1.92. The lowest BCUT2D eigenvalue weighted by Crippen LogP contribution is -2.18. The third-order valence-electron chi connectivity index (χ3n) is 2.97. The lowest BCUT2D eigenvalue weighted by molar-refractivity contribution is -0.141. The Morgan fingerprint density at radius 3 is 2.19 bits per heavy atom. The van der Waals surface area contributed by atoms with Crippen LogP contribution in [-0.2, 0) is 11.6 Å². The number of fused-ring (bicyclic) bond motifs is 1. The number of anilines is 1. The predicted molar refractivity (Wildman–Crippen MR) is 83.7 cm³/mol. The first-order valence-corrected chi connectivity index (χ1v) is 7.35. The van der Waals surface area contributed by atoms with Crippen LogP contribution in [0.4, 0.5) is 19.0 Å². The number of rotatable bonds is 1. The molecule has 0 saturated heterocycles. The first-order chi connectivity index (χ1) is 9.43. The topological polar surface area (TPSA) is 33.4 Å². The summed E-state index contributed by atoms with van der Waals surface area (Å²) in [7, 11) is 3.36. The fourth-order valence-corrected chi connectivity index (χ4v) is 3.19. The maximum Gasteiger partial charge on any atom is 0.433 e. The van der Waals surface area contributed by atoms with E-state index in [1.807, 2.05) is 43.4 Å². The highest BCUT2D eigenvalue weighted by atomic mass is 127. The van der Waals surface area contributed by atoms with Gasteiger partial charge < -0.3 is 4.90 Å². The zero-order valence-electron chi connectivity index (χ0n) is 12.4. The molecule has 0 aliphatic carbocycles. The van der Waals surface area contributed by atoms with Gasteiger partial charge in [-0.25, -0.2) is 4.98 Å². The second-order valence-corrected chi connectivity index (χ2v) is 7.12. The molecule has 2 heterocycles. The molecular formula is C13H16F3IN4. The number of alkyl halides is 3. The summed E-state index contributed by atoms with van der Waals surface area (Å²) >= 11 is 2.01. The average molecular weight is 412 g/mol. The summed E-state index contributed by atoms with van der Waals surface area (Å²) in [5.41, 5.74) is -0.208. The van der Waals surface area contributed by atoms with Gasteiger partial charge in [0.25, 0.3) is 0 Å². The standard InChI is InChI=1S/C13H16F3IN4/c1-12(2,3)10-9(17)11-18-7(13(14,15)16)6-8(20(4)5)21(11)19-10/h6H,1-5H3. The lowest BCUT2D eigenvalue weighted by Gasteiger charge is -2.16. The molecule has 2 rings (SSSR count). The molecule has 0 amide bonds. The van der Waals surface area contributed by atoms with Crippen molar-refractivity contribution >= 4 is 34.1 Å². The van der Waals surface area contributed by atoms with Gasteiger partial charge >= 0.3 is 6.18 Å². The normalized spacial score (nSPS) is 13.0. The van der Waals surface area contributed by atoms with Crippen LogP contribution < -0.4 is 4.90 Å². The smallest absolute Gasteiger partial charge is 0.363 e. The first kappa shape index (κ1) is 16.3. The van der Waals surface area contributed by atoms with Crippen molar-refractivity contribution in [3.8, 4) is 0 Å². The maximum atomic E-state index is 13.0. The summed E-state index contributed by atoms with van der Waals surface area (Å²) in [5.74, 6) is 0.348. The number of nitrogens with zero attached hydrogens (tertiary/aromatic N) is 4. The third kappa shape index (κ3) is 2.95. The molecule has 0 aromatic carbocycles. The molecule has 8 heteroatoms. The van der Waals surface area contributed by atoms with Gasteiger partial charge in [-0.3, -0.25) is 0 Å². The number of hydrogen-bond donors (Lipinski definition) is 0. The van der Waals surface area contributed by atoms with Crippen molar-refractivity contribution in [2.45, 2.75) is 32.4 Å². The van der Waals surface area contributed by atoms with Crippen LogP contribution >= 0.6 is 22.6 Å². The summed E-state index contributed by atoms with van der Waals surface area (Å²) in [5, 5.41) is 4.47. The molecule has 116 valence electrons. The van der Waals surface area contributed by atoms with Gasteiger partial charge in [0.05, 0.1) is 9.26 Å². The number of halogens is 4. The van der Waals surface area contributed by atoms with Gasteiger partial charge in [0.2, 0.25) is 0 Å². The van der Waals surface area contributed by atoms with Crippen molar-refractivity contribution in [1.82, 2.24) is 14.6 Å². The highest BCUT2D eigenvalue weighted by Crippen LogP contribution is 2.34. The van der Waals surface area contributed by atoms with Crippen LogP contribution in [0.2, 0.25) is 0 Å². The molecule has 0 aliphatic rings. The van der Waals surface area contributed by atoms with Crippen molar-refractivity contribution in [1.29, 1.82) is 0 Å². The van der Waals surface area contributed by atoms with E-state index in [2.05, 4.69) is 10.1 Å². The second kappa shape index (κ2) is 4.99. The van der Waals surface area contributed by atoms with E-state index in [0.717, 1.165) is 11.8 Å². The van der Waals surface area contributed by atoms with Crippen LogP contribution in [0.25, 0.3) is 5.65 Å². The summed E-state index contributed by atoms with van der Waals surface area (Å²) in [6.45, 7) is 5.91. The minimum atomic E-state index is -4.48. The van der Waals surface area contributed by atoms with Crippen LogP contribution in [0.5, 0.6) is 0 Å². The van der Waals surface area contributed by atoms with Gasteiger partial charge in [0.1, 0.15) is 5.82 Å². The number of hydrogen-bond acceptors (Lipinski definition) is 3. The van der Waals surface area contributed by atoms with Crippen molar-refractivity contribution in [3.05, 3.63) is 21.0 Å². The van der Waals surface area contributed by atoms with Crippen LogP contribution in [0.3, 0.4) is 0 Å². The van der Waals surface area contributed by atoms with Crippen LogP contribution in [0.1, 0.15) is 32.2 Å². The van der Waals surface area contributed by atoms with Gasteiger partial charge in [0.15, 0.2) is 11.3 Å². The third-order valence-corrected chi connectivity index (χ3v) is 3.97. The van der Waals surface area contributed by atoms with E-state index in [9.17, 15) is 13.2 Å². The van der Waals surface area contributed by atoms with Crippen LogP contribution in [-0.4, -0.2) is 28.7 Å². The molecule has 0 unspecified atom stereocenters. The van der Waals surface area contributed by atoms with E-state index in [4.69, 9.17) is 0 Å². The fraction of sp³-hybridized carbons (Fsp3) is 0.538. The molecule has 0 bridgehead atoms. The average Bonchev–Trinajstić information content (AvgIpc) is 2.64. The van der Waals surface area contributed by atoms with E-state index in [1.165, 1.54) is 4.52 Å². The largest absolute Gasteiger partial charge is 0.433 e. The quantitative estimate of drug-likeness (QED) is 0.670. The lowest BCUT2D eigenvalue weighted by atomic mass is 9.93. The Bertz CT molecular complexity index is 683. The van der Waals surface area contributed by atoms with Gasteiger partial charge in [0, 0.05) is 25.6 Å². The van der Waals surface area contributed by atoms with E-state index in [-0.39, 0.29) is 11.1 Å². The molecule has 2 aromatic rings. The minimum Gasteiger partial charge on any atom is -0.363 e. The second-order valence-electron chi connectivity index (χ2n) is 6.04. The van der Waals surface area contributed by atoms with Gasteiger partial charge in [-0.1, -0.05) is 20.8 Å². The Morgan fingerprint density at radius 2 is 1.76 bits per heavy atom. The minimum absolute atomic E-state index is 0.235. The zero-order chi connectivity index (χ0) is 16.2. The molecule has 0 radical (unpaired) electrons. The van der Waals surface area contributed by atoms with Crippen molar-refractivity contribution in [2.24, 2.45) is 0 Å². The Morgan fingerprint density at radius 1 is 1.19 bits per heavy atom. The molecule has 21 heavy (non-hydrogen) atoms. The Labute approximate surface area is 134 Å². The highest BCUT2D eigenvalue weighted by molar-refractivity contribution is 14.1. The van der Waals surface area contributed by atoms with Crippen LogP contribution in [0, 0.1) is 3.57 Å². The molecule has 0 fully saturated rings. The molecule has 0 aliphatic heterocycles. The van der Waals surface area contributed by atoms with Crippen molar-refractivity contribution in [3.63, 3.8) is 0 Å². The zero-order valence-corrected chi connectivity index (χ0v) is 14.5. The first-order valence-electron chi connectivity index (χ1n) is 6.27. The van der Waals surface area contributed by atoms with E-state index >= 15 is 0 Å². The van der Waals surface area contributed by atoms with Gasteiger partial charge in [-0.05, 0) is 22.6 Å².